The molecule has 0 amide bonds. The maximum Gasteiger partial charge on any atom is 0.201 e. The lowest BCUT2D eigenvalue weighted by atomic mass is 9.95. The van der Waals surface area contributed by atoms with Crippen LogP contribution in [-0.4, -0.2) is 9.55 Å². The predicted molar refractivity (Wildman–Crippen MR) is 66.2 cm³/mol. The Morgan fingerprint density at radius 2 is 2.00 bits per heavy atom. The standard InChI is InChI=1S/C13H16FN3/c14-9-6-7-11-12(8-9)17(13(15)16-11)10-4-2-1-3-5-10/h6-8,10H,1-5H2,(H2,15,16). The van der Waals surface area contributed by atoms with Gasteiger partial charge in [-0.3, -0.25) is 0 Å². The number of nitrogen functional groups attached to an aromatic ring is 1. The van der Waals surface area contributed by atoms with E-state index in [4.69, 9.17) is 5.73 Å². The second-order valence-corrected chi connectivity index (χ2v) is 4.76. The lowest BCUT2D eigenvalue weighted by Gasteiger charge is -2.24. The van der Waals surface area contributed by atoms with Gasteiger partial charge in [0, 0.05) is 6.04 Å². The van der Waals surface area contributed by atoms with Crippen molar-refractivity contribution < 1.29 is 4.39 Å². The molecule has 2 N–H and O–H groups in total. The normalized spacial score (nSPS) is 17.7. The molecule has 0 aliphatic heterocycles. The van der Waals surface area contributed by atoms with Crippen LogP contribution in [0.15, 0.2) is 18.2 Å². The smallest absolute Gasteiger partial charge is 0.201 e. The van der Waals surface area contributed by atoms with E-state index in [2.05, 4.69) is 4.98 Å². The molecule has 2 aromatic rings. The summed E-state index contributed by atoms with van der Waals surface area (Å²) >= 11 is 0. The summed E-state index contributed by atoms with van der Waals surface area (Å²) in [6.07, 6.45) is 5.97. The summed E-state index contributed by atoms with van der Waals surface area (Å²) in [5, 5.41) is 0. The molecule has 0 bridgehead atoms. The largest absolute Gasteiger partial charge is 0.369 e. The number of aromatic nitrogens is 2. The minimum Gasteiger partial charge on any atom is -0.369 e. The van der Waals surface area contributed by atoms with Gasteiger partial charge in [-0.05, 0) is 31.0 Å². The summed E-state index contributed by atoms with van der Waals surface area (Å²) in [6, 6.07) is 5.05. The quantitative estimate of drug-likeness (QED) is 0.821. The minimum atomic E-state index is -0.227. The third kappa shape index (κ3) is 1.77. The molecule has 1 saturated carbocycles. The Morgan fingerprint density at radius 1 is 1.24 bits per heavy atom. The van der Waals surface area contributed by atoms with E-state index < -0.39 is 0 Å². The van der Waals surface area contributed by atoms with Gasteiger partial charge in [0.15, 0.2) is 0 Å². The average molecular weight is 233 g/mol. The summed E-state index contributed by atoms with van der Waals surface area (Å²) in [5.74, 6) is 0.284. The third-order valence-corrected chi connectivity index (χ3v) is 3.62. The Bertz CT molecular complexity index is 541. The van der Waals surface area contributed by atoms with Crippen molar-refractivity contribution >= 4 is 17.0 Å². The molecule has 1 heterocycles. The van der Waals surface area contributed by atoms with Crippen LogP contribution < -0.4 is 5.73 Å². The fourth-order valence-corrected chi connectivity index (χ4v) is 2.81. The molecule has 0 unspecified atom stereocenters. The molecule has 1 aliphatic rings. The first-order valence-corrected chi connectivity index (χ1v) is 6.18. The number of rotatable bonds is 1. The van der Waals surface area contributed by atoms with E-state index in [0.29, 0.717) is 12.0 Å². The predicted octanol–water partition coefficient (Wildman–Crippen LogP) is 3.26. The minimum absolute atomic E-state index is 0.227. The van der Waals surface area contributed by atoms with Crippen LogP contribution in [0.3, 0.4) is 0 Å². The van der Waals surface area contributed by atoms with Crippen LogP contribution in [0.2, 0.25) is 0 Å². The van der Waals surface area contributed by atoms with E-state index >= 15 is 0 Å². The summed E-state index contributed by atoms with van der Waals surface area (Å²) in [7, 11) is 0. The van der Waals surface area contributed by atoms with Gasteiger partial charge in [0.2, 0.25) is 5.95 Å². The van der Waals surface area contributed by atoms with Crippen LogP contribution in [-0.2, 0) is 0 Å². The van der Waals surface area contributed by atoms with Gasteiger partial charge in [-0.1, -0.05) is 19.3 Å². The van der Waals surface area contributed by atoms with Gasteiger partial charge in [-0.2, -0.15) is 0 Å². The highest BCUT2D eigenvalue weighted by atomic mass is 19.1. The van der Waals surface area contributed by atoms with E-state index in [0.717, 1.165) is 23.9 Å². The highest BCUT2D eigenvalue weighted by molar-refractivity contribution is 5.78. The molecule has 1 aliphatic carbocycles. The van der Waals surface area contributed by atoms with Crippen molar-refractivity contribution in [1.29, 1.82) is 0 Å². The fraction of sp³-hybridized carbons (Fsp3) is 0.462. The van der Waals surface area contributed by atoms with Crippen LogP contribution in [0.25, 0.3) is 11.0 Å². The number of anilines is 1. The second-order valence-electron chi connectivity index (χ2n) is 4.76. The first kappa shape index (κ1) is 10.6. The first-order valence-electron chi connectivity index (χ1n) is 6.18. The molecule has 3 nitrogen and oxygen atoms in total. The van der Waals surface area contributed by atoms with E-state index in [-0.39, 0.29) is 5.82 Å². The van der Waals surface area contributed by atoms with Gasteiger partial charge in [-0.15, -0.1) is 0 Å². The van der Waals surface area contributed by atoms with Crippen LogP contribution in [0.4, 0.5) is 10.3 Å². The lowest BCUT2D eigenvalue weighted by Crippen LogP contribution is -2.14. The number of nitrogens with zero attached hydrogens (tertiary/aromatic N) is 2. The van der Waals surface area contributed by atoms with Gasteiger partial charge in [-0.25, -0.2) is 9.37 Å². The maximum atomic E-state index is 13.3. The van der Waals surface area contributed by atoms with Crippen molar-refractivity contribution in [1.82, 2.24) is 9.55 Å². The van der Waals surface area contributed by atoms with Crippen LogP contribution in [0.1, 0.15) is 38.1 Å². The third-order valence-electron chi connectivity index (χ3n) is 3.62. The molecule has 1 aromatic carbocycles. The number of imidazole rings is 1. The summed E-state index contributed by atoms with van der Waals surface area (Å²) in [4.78, 5) is 4.30. The molecule has 1 aromatic heterocycles. The molecule has 0 radical (unpaired) electrons. The zero-order valence-corrected chi connectivity index (χ0v) is 9.69. The molecular formula is C13H16FN3. The van der Waals surface area contributed by atoms with Crippen molar-refractivity contribution in [3.05, 3.63) is 24.0 Å². The van der Waals surface area contributed by atoms with Gasteiger partial charge in [0.25, 0.3) is 0 Å². The van der Waals surface area contributed by atoms with Crippen molar-refractivity contribution in [2.75, 3.05) is 5.73 Å². The molecule has 0 atom stereocenters. The van der Waals surface area contributed by atoms with E-state index in [1.54, 1.807) is 6.07 Å². The SMILES string of the molecule is Nc1nc2ccc(F)cc2n1C1CCCCC1. The Morgan fingerprint density at radius 3 is 2.76 bits per heavy atom. The van der Waals surface area contributed by atoms with E-state index in [9.17, 15) is 4.39 Å². The second kappa shape index (κ2) is 4.02. The number of hydrogen-bond donors (Lipinski definition) is 1. The number of benzene rings is 1. The molecular weight excluding hydrogens is 217 g/mol. The Labute approximate surface area is 99.4 Å². The molecule has 0 saturated heterocycles. The van der Waals surface area contributed by atoms with Crippen molar-refractivity contribution in [2.45, 2.75) is 38.1 Å². The topological polar surface area (TPSA) is 43.8 Å². The molecule has 17 heavy (non-hydrogen) atoms. The van der Waals surface area contributed by atoms with Crippen molar-refractivity contribution in [3.8, 4) is 0 Å². The van der Waals surface area contributed by atoms with Crippen molar-refractivity contribution in [2.24, 2.45) is 0 Å². The Balaban J connectivity index is 2.13. The number of halogens is 1. The lowest BCUT2D eigenvalue weighted by molar-refractivity contribution is 0.363. The van der Waals surface area contributed by atoms with Crippen LogP contribution in [0, 0.1) is 5.82 Å². The summed E-state index contributed by atoms with van der Waals surface area (Å²) < 4.78 is 15.3. The van der Waals surface area contributed by atoms with Gasteiger partial charge in [0.05, 0.1) is 11.0 Å². The maximum absolute atomic E-state index is 13.3. The summed E-state index contributed by atoms with van der Waals surface area (Å²) in [5.41, 5.74) is 7.58. The monoisotopic (exact) mass is 233 g/mol. The molecule has 4 heteroatoms. The van der Waals surface area contributed by atoms with Crippen LogP contribution >= 0.6 is 0 Å². The highest BCUT2D eigenvalue weighted by Crippen LogP contribution is 2.33. The average Bonchev–Trinajstić information content (AvgIpc) is 2.65. The zero-order chi connectivity index (χ0) is 11.8. The Kier molecular flexibility index (Phi) is 2.50. The Hall–Kier alpha value is -1.58. The highest BCUT2D eigenvalue weighted by Gasteiger charge is 2.20. The van der Waals surface area contributed by atoms with Gasteiger partial charge >= 0.3 is 0 Å². The number of hydrogen-bond acceptors (Lipinski definition) is 2. The van der Waals surface area contributed by atoms with Crippen LogP contribution in [0.5, 0.6) is 0 Å². The van der Waals surface area contributed by atoms with Gasteiger partial charge < -0.3 is 10.3 Å². The van der Waals surface area contributed by atoms with E-state index in [1.165, 1.54) is 31.4 Å². The van der Waals surface area contributed by atoms with Crippen molar-refractivity contribution in [3.63, 3.8) is 0 Å². The van der Waals surface area contributed by atoms with E-state index in [1.807, 2.05) is 4.57 Å². The first-order chi connectivity index (χ1) is 8.25. The zero-order valence-electron chi connectivity index (χ0n) is 9.69. The summed E-state index contributed by atoms with van der Waals surface area (Å²) in [6.45, 7) is 0. The fourth-order valence-electron chi connectivity index (χ4n) is 2.81. The number of fused-ring (bicyclic) bond motifs is 1. The van der Waals surface area contributed by atoms with Gasteiger partial charge in [0.1, 0.15) is 5.82 Å². The number of nitrogens with two attached hydrogens (primary N) is 1. The molecule has 0 spiro atoms. The molecule has 1 fully saturated rings. The molecule has 90 valence electrons. The molecule has 3 rings (SSSR count).